The lowest BCUT2D eigenvalue weighted by molar-refractivity contribution is 0.122. The number of benzene rings is 3. The van der Waals surface area contributed by atoms with Crippen LogP contribution in [0.25, 0.3) is 11.3 Å². The van der Waals surface area contributed by atoms with Gasteiger partial charge in [-0.05, 0) is 60.5 Å². The molecule has 2 amide bonds. The van der Waals surface area contributed by atoms with E-state index in [0.29, 0.717) is 99.1 Å². The van der Waals surface area contributed by atoms with Crippen molar-refractivity contribution < 1.29 is 27.8 Å². The minimum Gasteiger partial charge on any atom is -0.497 e. The number of likely N-dealkylation sites (N-methyl/N-ethyl adjacent to an activating group) is 1. The summed E-state index contributed by atoms with van der Waals surface area (Å²) < 4.78 is 47.4. The Morgan fingerprint density at radius 3 is 1.95 bits per heavy atom. The summed E-state index contributed by atoms with van der Waals surface area (Å²) in [5.74, 6) is 1.15. The first-order valence-corrected chi connectivity index (χ1v) is 19.9. The lowest BCUT2D eigenvalue weighted by Crippen LogP contribution is -2.46. The van der Waals surface area contributed by atoms with E-state index in [1.54, 1.807) is 26.6 Å². The largest absolute Gasteiger partial charge is 0.497 e. The quantitative estimate of drug-likeness (QED) is 0.159. The van der Waals surface area contributed by atoms with Crippen LogP contribution in [0.3, 0.4) is 0 Å². The van der Waals surface area contributed by atoms with Crippen molar-refractivity contribution in [2.45, 2.75) is 26.4 Å². The molecule has 3 aliphatic heterocycles. The molecule has 2 fully saturated rings. The normalized spacial score (nSPS) is 15.6. The third kappa shape index (κ3) is 8.83. The molecule has 0 spiro atoms. The van der Waals surface area contributed by atoms with Crippen LogP contribution in [0.15, 0.2) is 73.1 Å². The van der Waals surface area contributed by atoms with Crippen molar-refractivity contribution in [3.8, 4) is 22.8 Å². The van der Waals surface area contributed by atoms with Crippen LogP contribution in [0.1, 0.15) is 23.6 Å². The van der Waals surface area contributed by atoms with Gasteiger partial charge in [-0.25, -0.2) is 28.5 Å². The van der Waals surface area contributed by atoms with Crippen molar-refractivity contribution in [1.82, 2.24) is 24.8 Å². The highest BCUT2D eigenvalue weighted by Crippen LogP contribution is 2.37. The predicted molar refractivity (Wildman–Crippen MR) is 223 cm³/mol. The van der Waals surface area contributed by atoms with Crippen molar-refractivity contribution in [2.24, 2.45) is 0 Å². The number of methoxy groups -OCH3 is 2. The number of piperazine rings is 1. The Balaban J connectivity index is 1.07. The summed E-state index contributed by atoms with van der Waals surface area (Å²) >= 11 is 0. The number of nitrogens with one attached hydrogen (secondary N) is 1. The van der Waals surface area contributed by atoms with E-state index in [1.165, 1.54) is 17.0 Å². The van der Waals surface area contributed by atoms with Crippen LogP contribution in [-0.4, -0.2) is 111 Å². The van der Waals surface area contributed by atoms with E-state index in [9.17, 15) is 4.79 Å². The van der Waals surface area contributed by atoms with E-state index in [4.69, 9.17) is 34.1 Å². The van der Waals surface area contributed by atoms with Gasteiger partial charge < -0.3 is 39.1 Å². The Morgan fingerprint density at radius 1 is 0.797 bits per heavy atom. The number of hydrogen-bond donors (Lipinski definition) is 1. The number of ether oxygens (including phenoxy) is 3. The zero-order valence-corrected chi connectivity index (χ0v) is 33.5. The molecule has 14 nitrogen and oxygen atoms in total. The molecule has 5 aromatic rings. The number of anilines is 5. The third-order valence-corrected chi connectivity index (χ3v) is 11.1. The SMILES string of the molecule is CCN1CCN(c2cc(F)c(NC(=O)N3CCc4c(-c5cnc(N(Cc6ccc(OC)cc6)Cc6ccc(OC)cc6)nc5)nc(N5CCOCC5)nc43)c(F)c2)CC1. The number of fused-ring (bicyclic) bond motifs is 1. The zero-order chi connectivity index (χ0) is 40.9. The summed E-state index contributed by atoms with van der Waals surface area (Å²) in [6.07, 6.45) is 3.89. The monoisotopic (exact) mass is 806 g/mol. The van der Waals surface area contributed by atoms with Gasteiger partial charge in [0, 0.05) is 88.1 Å². The fourth-order valence-electron chi connectivity index (χ4n) is 7.65. The van der Waals surface area contributed by atoms with Gasteiger partial charge in [-0.1, -0.05) is 31.2 Å². The number of amides is 2. The highest BCUT2D eigenvalue weighted by molar-refractivity contribution is 6.03. The van der Waals surface area contributed by atoms with Gasteiger partial charge in [0.2, 0.25) is 11.9 Å². The summed E-state index contributed by atoms with van der Waals surface area (Å²) in [7, 11) is 3.28. The fraction of sp³-hybridized carbons (Fsp3) is 0.372. The number of rotatable bonds is 12. The lowest BCUT2D eigenvalue weighted by atomic mass is 10.1. The molecule has 0 unspecified atom stereocenters. The Morgan fingerprint density at radius 2 is 1.39 bits per heavy atom. The smallest absolute Gasteiger partial charge is 0.327 e. The molecular weight excluding hydrogens is 759 g/mol. The summed E-state index contributed by atoms with van der Waals surface area (Å²) in [4.78, 5) is 43.2. The molecule has 16 heteroatoms. The van der Waals surface area contributed by atoms with Crippen LogP contribution >= 0.6 is 0 Å². The summed E-state index contributed by atoms with van der Waals surface area (Å²) in [5, 5.41) is 2.51. The predicted octanol–water partition coefficient (Wildman–Crippen LogP) is 6.01. The first-order chi connectivity index (χ1) is 28.8. The summed E-state index contributed by atoms with van der Waals surface area (Å²) in [6.45, 7) is 9.38. The van der Waals surface area contributed by atoms with Crippen LogP contribution in [0.2, 0.25) is 0 Å². The minimum atomic E-state index is -0.840. The van der Waals surface area contributed by atoms with E-state index < -0.39 is 23.4 Å². The summed E-state index contributed by atoms with van der Waals surface area (Å²) in [5.41, 5.74) is 3.99. The molecule has 0 radical (unpaired) electrons. The average molecular weight is 807 g/mol. The molecule has 0 bridgehead atoms. The Bertz CT molecular complexity index is 2160. The number of halogens is 2. The molecule has 3 aromatic carbocycles. The molecule has 3 aliphatic rings. The van der Waals surface area contributed by atoms with Crippen LogP contribution in [0, 0.1) is 11.6 Å². The molecule has 2 saturated heterocycles. The van der Waals surface area contributed by atoms with Crippen molar-refractivity contribution in [1.29, 1.82) is 0 Å². The zero-order valence-electron chi connectivity index (χ0n) is 33.5. The highest BCUT2D eigenvalue weighted by atomic mass is 19.1. The van der Waals surface area contributed by atoms with E-state index in [0.717, 1.165) is 42.3 Å². The second-order valence-corrected chi connectivity index (χ2v) is 14.6. The third-order valence-electron chi connectivity index (χ3n) is 11.1. The molecule has 0 atom stereocenters. The lowest BCUT2D eigenvalue weighted by Gasteiger charge is -2.35. The van der Waals surface area contributed by atoms with Gasteiger partial charge >= 0.3 is 6.03 Å². The maximum atomic E-state index is 15.6. The number of nitrogens with zero attached hydrogens (tertiary/aromatic N) is 9. The number of carbonyl (C=O) groups is 1. The number of urea groups is 1. The molecule has 59 heavy (non-hydrogen) atoms. The molecule has 8 rings (SSSR count). The van der Waals surface area contributed by atoms with Gasteiger partial charge in [0.15, 0.2) is 11.6 Å². The topological polar surface area (TPSA) is 125 Å². The fourth-order valence-corrected chi connectivity index (χ4v) is 7.65. The van der Waals surface area contributed by atoms with Crippen LogP contribution < -0.4 is 34.4 Å². The molecule has 2 aromatic heterocycles. The van der Waals surface area contributed by atoms with Gasteiger partial charge in [0.1, 0.15) is 23.0 Å². The molecule has 5 heterocycles. The molecule has 308 valence electrons. The second-order valence-electron chi connectivity index (χ2n) is 14.6. The number of carbonyl (C=O) groups excluding carboxylic acids is 1. The van der Waals surface area contributed by atoms with Crippen molar-refractivity contribution in [2.75, 3.05) is 105 Å². The van der Waals surface area contributed by atoms with Gasteiger partial charge in [-0.2, -0.15) is 4.98 Å². The highest BCUT2D eigenvalue weighted by Gasteiger charge is 2.33. The maximum Gasteiger partial charge on any atom is 0.327 e. The van der Waals surface area contributed by atoms with Crippen LogP contribution in [0.5, 0.6) is 11.5 Å². The van der Waals surface area contributed by atoms with Gasteiger partial charge in [0.05, 0.1) is 33.1 Å². The first kappa shape index (κ1) is 39.7. The van der Waals surface area contributed by atoms with Gasteiger partial charge in [0.25, 0.3) is 0 Å². The number of hydrogen-bond acceptors (Lipinski definition) is 12. The molecule has 0 saturated carbocycles. The van der Waals surface area contributed by atoms with Crippen molar-refractivity contribution in [3.63, 3.8) is 0 Å². The van der Waals surface area contributed by atoms with E-state index in [-0.39, 0.29) is 6.54 Å². The van der Waals surface area contributed by atoms with Gasteiger partial charge in [-0.15, -0.1) is 0 Å². The number of morpholine rings is 1. The first-order valence-electron chi connectivity index (χ1n) is 19.9. The number of aromatic nitrogens is 4. The summed E-state index contributed by atoms with van der Waals surface area (Å²) in [6, 6.07) is 17.6. The van der Waals surface area contributed by atoms with E-state index >= 15 is 8.78 Å². The van der Waals surface area contributed by atoms with E-state index in [2.05, 4.69) is 22.0 Å². The minimum absolute atomic E-state index is 0.231. The standard InChI is InChI=1S/C43H48F2N10O4/c1-4-51-15-17-52(18-16-51)32-23-36(44)39(37(45)24-32)49-43(56)55-14-13-35-38(48-42(50-40(35)55)53-19-21-59-22-20-53)31-25-46-41(47-26-31)54(27-29-5-9-33(57-2)10-6-29)28-30-7-11-34(58-3)12-8-30/h5-12,23-26H,4,13-22,27-28H2,1-3H3,(H,49,56). The van der Waals surface area contributed by atoms with Crippen LogP contribution in [-0.2, 0) is 24.2 Å². The van der Waals surface area contributed by atoms with Crippen LogP contribution in [0.4, 0.5) is 42.7 Å². The average Bonchev–Trinajstić information content (AvgIpc) is 3.72. The maximum absolute atomic E-state index is 15.6. The van der Waals surface area contributed by atoms with Gasteiger partial charge in [-0.3, -0.25) is 4.90 Å². The Labute approximate surface area is 342 Å². The van der Waals surface area contributed by atoms with Crippen molar-refractivity contribution in [3.05, 3.63) is 101 Å². The van der Waals surface area contributed by atoms with E-state index in [1.807, 2.05) is 58.3 Å². The molecular formula is C43H48F2N10O4. The second kappa shape index (κ2) is 17.8. The Kier molecular flexibility index (Phi) is 12.0. The molecule has 0 aliphatic carbocycles. The Hall–Kier alpha value is -6.13. The molecule has 1 N–H and O–H groups in total. The van der Waals surface area contributed by atoms with Crippen molar-refractivity contribution >= 4 is 35.1 Å².